The second-order valence-corrected chi connectivity index (χ2v) is 4.63. The Balaban J connectivity index is 2.29. The van der Waals surface area contributed by atoms with E-state index in [0.29, 0.717) is 26.4 Å². The van der Waals surface area contributed by atoms with Crippen molar-refractivity contribution in [3.05, 3.63) is 29.8 Å². The van der Waals surface area contributed by atoms with E-state index in [1.54, 1.807) is 14.2 Å². The van der Waals surface area contributed by atoms with Crippen LogP contribution < -0.4 is 10.1 Å². The molecule has 0 aliphatic carbocycles. The number of rotatable bonds is 10. The van der Waals surface area contributed by atoms with Gasteiger partial charge in [0, 0.05) is 19.7 Å². The molecule has 1 rings (SSSR count). The van der Waals surface area contributed by atoms with Gasteiger partial charge in [0.15, 0.2) is 0 Å². The summed E-state index contributed by atoms with van der Waals surface area (Å²) in [6.07, 6.45) is -0.528. The zero-order valence-corrected chi connectivity index (χ0v) is 12.5. The third kappa shape index (κ3) is 6.34. The van der Waals surface area contributed by atoms with Gasteiger partial charge in [-0.05, 0) is 24.6 Å². The maximum Gasteiger partial charge on any atom is 0.119 e. The Kier molecular flexibility index (Phi) is 8.22. The van der Waals surface area contributed by atoms with Crippen molar-refractivity contribution in [2.45, 2.75) is 19.1 Å². The van der Waals surface area contributed by atoms with E-state index in [1.807, 2.05) is 31.2 Å². The monoisotopic (exact) mass is 283 g/mol. The summed E-state index contributed by atoms with van der Waals surface area (Å²) >= 11 is 0. The number of aliphatic hydroxyl groups excluding tert-OH is 1. The zero-order valence-electron chi connectivity index (χ0n) is 12.5. The summed E-state index contributed by atoms with van der Waals surface area (Å²) in [5.74, 6) is 0.833. The van der Waals surface area contributed by atoms with Gasteiger partial charge in [0.25, 0.3) is 0 Å². The van der Waals surface area contributed by atoms with E-state index in [9.17, 15) is 5.11 Å². The van der Waals surface area contributed by atoms with Crippen LogP contribution in [0, 0.1) is 0 Å². The third-order valence-corrected chi connectivity index (χ3v) is 3.00. The van der Waals surface area contributed by atoms with Crippen LogP contribution in [-0.4, -0.2) is 51.8 Å². The van der Waals surface area contributed by atoms with Crippen LogP contribution in [0.3, 0.4) is 0 Å². The quantitative estimate of drug-likeness (QED) is 0.635. The molecule has 2 N–H and O–H groups in total. The lowest BCUT2D eigenvalue weighted by Crippen LogP contribution is -2.32. The molecule has 0 bridgehead atoms. The van der Waals surface area contributed by atoms with Gasteiger partial charge in [-0.25, -0.2) is 0 Å². The molecule has 0 heterocycles. The Morgan fingerprint density at radius 3 is 2.75 bits per heavy atom. The van der Waals surface area contributed by atoms with Gasteiger partial charge in [0.2, 0.25) is 0 Å². The highest BCUT2D eigenvalue weighted by Gasteiger charge is 2.09. The Labute approximate surface area is 120 Å². The van der Waals surface area contributed by atoms with E-state index in [0.717, 1.165) is 11.3 Å². The molecule has 0 saturated carbocycles. The number of hydrogen-bond acceptors (Lipinski definition) is 5. The number of benzene rings is 1. The van der Waals surface area contributed by atoms with Gasteiger partial charge in [-0.1, -0.05) is 12.1 Å². The second kappa shape index (κ2) is 9.72. The second-order valence-electron chi connectivity index (χ2n) is 4.63. The summed E-state index contributed by atoms with van der Waals surface area (Å²) in [5.41, 5.74) is 1.12. The first-order valence-electron chi connectivity index (χ1n) is 6.79. The minimum absolute atomic E-state index is 0.138. The number of nitrogens with one attached hydrogen (secondary N) is 1. The molecule has 1 aromatic carbocycles. The van der Waals surface area contributed by atoms with E-state index in [1.165, 1.54) is 0 Å². The molecule has 0 fully saturated rings. The predicted molar refractivity (Wildman–Crippen MR) is 78.1 cm³/mol. The van der Waals surface area contributed by atoms with Crippen LogP contribution in [0.5, 0.6) is 5.75 Å². The highest BCUT2D eigenvalue weighted by Crippen LogP contribution is 2.18. The largest absolute Gasteiger partial charge is 0.497 e. The molecule has 5 nitrogen and oxygen atoms in total. The van der Waals surface area contributed by atoms with E-state index >= 15 is 0 Å². The number of hydrogen-bond donors (Lipinski definition) is 2. The molecular formula is C15H25NO4. The Bertz CT molecular complexity index is 373. The molecule has 0 amide bonds. The topological polar surface area (TPSA) is 60.0 Å². The molecular weight excluding hydrogens is 258 g/mol. The SMILES string of the molecule is COCCOCC(O)CN[C@@H](C)c1cccc(OC)c1. The molecule has 0 spiro atoms. The molecule has 0 radical (unpaired) electrons. The van der Waals surface area contributed by atoms with Gasteiger partial charge in [0.1, 0.15) is 5.75 Å². The summed E-state index contributed by atoms with van der Waals surface area (Å²) in [5, 5.41) is 13.1. The van der Waals surface area contributed by atoms with Gasteiger partial charge in [-0.2, -0.15) is 0 Å². The van der Waals surface area contributed by atoms with Crippen LogP contribution in [0.2, 0.25) is 0 Å². The van der Waals surface area contributed by atoms with Crippen LogP contribution in [0.25, 0.3) is 0 Å². The first-order chi connectivity index (χ1) is 9.67. The highest BCUT2D eigenvalue weighted by molar-refractivity contribution is 5.30. The summed E-state index contributed by atoms with van der Waals surface area (Å²) in [6.45, 7) is 3.87. The summed E-state index contributed by atoms with van der Waals surface area (Å²) in [7, 11) is 3.27. The fourth-order valence-electron chi connectivity index (χ4n) is 1.76. The average Bonchev–Trinajstić information content (AvgIpc) is 2.49. The predicted octanol–water partition coefficient (Wildman–Crippen LogP) is 1.37. The fourth-order valence-corrected chi connectivity index (χ4v) is 1.76. The number of ether oxygens (including phenoxy) is 3. The fraction of sp³-hybridized carbons (Fsp3) is 0.600. The minimum Gasteiger partial charge on any atom is -0.497 e. The van der Waals surface area contributed by atoms with Crippen molar-refractivity contribution in [3.63, 3.8) is 0 Å². The van der Waals surface area contributed by atoms with E-state index < -0.39 is 6.10 Å². The molecule has 0 saturated heterocycles. The van der Waals surface area contributed by atoms with Crippen molar-refractivity contribution >= 4 is 0 Å². The van der Waals surface area contributed by atoms with Crippen molar-refractivity contribution in [1.29, 1.82) is 0 Å². The molecule has 1 aromatic rings. The van der Waals surface area contributed by atoms with Crippen molar-refractivity contribution in [3.8, 4) is 5.75 Å². The maximum absolute atomic E-state index is 9.79. The summed E-state index contributed by atoms with van der Waals surface area (Å²) < 4.78 is 15.3. The number of aliphatic hydroxyl groups is 1. The van der Waals surface area contributed by atoms with Gasteiger partial charge < -0.3 is 24.6 Å². The maximum atomic E-state index is 9.79. The summed E-state index contributed by atoms with van der Waals surface area (Å²) in [6, 6.07) is 8.02. The average molecular weight is 283 g/mol. The summed E-state index contributed by atoms with van der Waals surface area (Å²) in [4.78, 5) is 0. The van der Waals surface area contributed by atoms with Crippen LogP contribution in [0.4, 0.5) is 0 Å². The number of methoxy groups -OCH3 is 2. The smallest absolute Gasteiger partial charge is 0.119 e. The van der Waals surface area contributed by atoms with Gasteiger partial charge in [-0.3, -0.25) is 0 Å². The minimum atomic E-state index is -0.528. The first-order valence-corrected chi connectivity index (χ1v) is 6.79. The highest BCUT2D eigenvalue weighted by atomic mass is 16.5. The van der Waals surface area contributed by atoms with E-state index in [-0.39, 0.29) is 6.04 Å². The van der Waals surface area contributed by atoms with Crippen LogP contribution in [0.15, 0.2) is 24.3 Å². The van der Waals surface area contributed by atoms with Gasteiger partial charge in [-0.15, -0.1) is 0 Å². The Morgan fingerprint density at radius 1 is 1.25 bits per heavy atom. The normalized spacial score (nSPS) is 14.0. The third-order valence-electron chi connectivity index (χ3n) is 3.00. The standard InChI is InChI=1S/C15H25NO4/c1-12(13-5-4-6-15(9-13)19-3)16-10-14(17)11-20-8-7-18-2/h4-6,9,12,14,16-17H,7-8,10-11H2,1-3H3/t12-,14?/m0/s1. The van der Waals surface area contributed by atoms with Crippen molar-refractivity contribution in [1.82, 2.24) is 5.32 Å². The Morgan fingerprint density at radius 2 is 2.05 bits per heavy atom. The zero-order chi connectivity index (χ0) is 14.8. The van der Waals surface area contributed by atoms with Gasteiger partial charge >= 0.3 is 0 Å². The molecule has 0 aliphatic heterocycles. The molecule has 1 unspecified atom stereocenters. The molecule has 5 heteroatoms. The molecule has 114 valence electrons. The molecule has 0 aromatic heterocycles. The van der Waals surface area contributed by atoms with E-state index in [2.05, 4.69) is 5.32 Å². The van der Waals surface area contributed by atoms with Crippen LogP contribution in [0.1, 0.15) is 18.5 Å². The van der Waals surface area contributed by atoms with E-state index in [4.69, 9.17) is 14.2 Å². The lowest BCUT2D eigenvalue weighted by molar-refractivity contribution is 0.0130. The van der Waals surface area contributed by atoms with Crippen molar-refractivity contribution in [2.24, 2.45) is 0 Å². The lowest BCUT2D eigenvalue weighted by atomic mass is 10.1. The van der Waals surface area contributed by atoms with Crippen molar-refractivity contribution in [2.75, 3.05) is 40.6 Å². The van der Waals surface area contributed by atoms with Crippen LogP contribution >= 0.6 is 0 Å². The molecule has 20 heavy (non-hydrogen) atoms. The van der Waals surface area contributed by atoms with Crippen molar-refractivity contribution < 1.29 is 19.3 Å². The first kappa shape index (κ1) is 16.9. The lowest BCUT2D eigenvalue weighted by Gasteiger charge is -2.18. The van der Waals surface area contributed by atoms with Gasteiger partial charge in [0.05, 0.1) is 33.0 Å². The van der Waals surface area contributed by atoms with Crippen LogP contribution in [-0.2, 0) is 9.47 Å². The Hall–Kier alpha value is -1.14. The molecule has 2 atom stereocenters. The molecule has 0 aliphatic rings.